The van der Waals surface area contributed by atoms with E-state index in [-0.39, 0.29) is 12.0 Å². The molecule has 0 radical (unpaired) electrons. The Morgan fingerprint density at radius 1 is 1.27 bits per heavy atom. The number of halogens is 3. The SMILES string of the molecule is Cn1cc(C2CCCCN2c2nccc(C(F)(F)F)n2)cn1. The van der Waals surface area contributed by atoms with Gasteiger partial charge in [0.1, 0.15) is 5.69 Å². The fourth-order valence-corrected chi connectivity index (χ4v) is 2.77. The molecule has 3 heterocycles. The highest BCUT2D eigenvalue weighted by Crippen LogP contribution is 2.34. The van der Waals surface area contributed by atoms with E-state index < -0.39 is 11.9 Å². The molecule has 0 spiro atoms. The number of alkyl halides is 3. The zero-order valence-electron chi connectivity index (χ0n) is 12.1. The van der Waals surface area contributed by atoms with Gasteiger partial charge in [-0.05, 0) is 25.3 Å². The van der Waals surface area contributed by atoms with Crippen LogP contribution >= 0.6 is 0 Å². The number of aromatic nitrogens is 4. The predicted octanol–water partition coefficient (Wildman–Crippen LogP) is 2.96. The second-order valence-electron chi connectivity index (χ2n) is 5.39. The van der Waals surface area contributed by atoms with Crippen molar-refractivity contribution in [2.24, 2.45) is 7.05 Å². The van der Waals surface area contributed by atoms with Gasteiger partial charge in [0.15, 0.2) is 0 Å². The molecule has 1 fully saturated rings. The summed E-state index contributed by atoms with van der Waals surface area (Å²) in [4.78, 5) is 9.60. The van der Waals surface area contributed by atoms with Gasteiger partial charge in [0, 0.05) is 31.5 Å². The third-order valence-corrected chi connectivity index (χ3v) is 3.80. The zero-order chi connectivity index (χ0) is 15.7. The third kappa shape index (κ3) is 2.90. The lowest BCUT2D eigenvalue weighted by Crippen LogP contribution is -2.35. The van der Waals surface area contributed by atoms with E-state index >= 15 is 0 Å². The monoisotopic (exact) mass is 311 g/mol. The molecule has 0 bridgehead atoms. The van der Waals surface area contributed by atoms with Crippen molar-refractivity contribution in [3.05, 3.63) is 35.9 Å². The number of nitrogens with zero attached hydrogens (tertiary/aromatic N) is 5. The molecule has 0 amide bonds. The second kappa shape index (κ2) is 5.58. The lowest BCUT2D eigenvalue weighted by molar-refractivity contribution is -0.141. The zero-order valence-corrected chi connectivity index (χ0v) is 12.1. The van der Waals surface area contributed by atoms with Crippen molar-refractivity contribution in [1.29, 1.82) is 0 Å². The van der Waals surface area contributed by atoms with Gasteiger partial charge in [-0.3, -0.25) is 4.68 Å². The van der Waals surface area contributed by atoms with Gasteiger partial charge < -0.3 is 4.90 Å². The summed E-state index contributed by atoms with van der Waals surface area (Å²) >= 11 is 0. The number of hydrogen-bond donors (Lipinski definition) is 0. The second-order valence-corrected chi connectivity index (χ2v) is 5.39. The third-order valence-electron chi connectivity index (χ3n) is 3.80. The van der Waals surface area contributed by atoms with Gasteiger partial charge in [0.05, 0.1) is 12.2 Å². The first-order chi connectivity index (χ1) is 10.4. The Bertz CT molecular complexity index is 652. The Morgan fingerprint density at radius 3 is 2.77 bits per heavy atom. The molecule has 2 aromatic rings. The molecule has 118 valence electrons. The first-order valence-corrected chi connectivity index (χ1v) is 7.10. The predicted molar refractivity (Wildman–Crippen MR) is 74.2 cm³/mol. The highest BCUT2D eigenvalue weighted by Gasteiger charge is 2.34. The molecule has 1 saturated heterocycles. The van der Waals surface area contributed by atoms with E-state index in [9.17, 15) is 13.2 Å². The first kappa shape index (κ1) is 14.8. The smallest absolute Gasteiger partial charge is 0.334 e. The van der Waals surface area contributed by atoms with Crippen LogP contribution in [0.5, 0.6) is 0 Å². The van der Waals surface area contributed by atoms with Crippen LogP contribution in [0.1, 0.15) is 36.6 Å². The van der Waals surface area contributed by atoms with Gasteiger partial charge in [0.25, 0.3) is 0 Å². The quantitative estimate of drug-likeness (QED) is 0.855. The van der Waals surface area contributed by atoms with Gasteiger partial charge in [-0.25, -0.2) is 9.97 Å². The van der Waals surface area contributed by atoms with E-state index in [1.165, 1.54) is 6.20 Å². The number of aryl methyl sites for hydroxylation is 1. The van der Waals surface area contributed by atoms with Crippen molar-refractivity contribution in [2.75, 3.05) is 11.4 Å². The highest BCUT2D eigenvalue weighted by atomic mass is 19.4. The van der Waals surface area contributed by atoms with E-state index in [1.54, 1.807) is 10.9 Å². The number of anilines is 1. The summed E-state index contributed by atoms with van der Waals surface area (Å²) in [5, 5.41) is 4.15. The molecule has 0 aliphatic carbocycles. The maximum atomic E-state index is 12.8. The molecule has 1 atom stereocenters. The first-order valence-electron chi connectivity index (χ1n) is 7.10. The van der Waals surface area contributed by atoms with Crippen LogP contribution in [-0.2, 0) is 13.2 Å². The van der Waals surface area contributed by atoms with Gasteiger partial charge >= 0.3 is 6.18 Å². The van der Waals surface area contributed by atoms with E-state index in [4.69, 9.17) is 0 Å². The lowest BCUT2D eigenvalue weighted by Gasteiger charge is -2.35. The van der Waals surface area contributed by atoms with E-state index in [2.05, 4.69) is 15.1 Å². The van der Waals surface area contributed by atoms with Crippen molar-refractivity contribution in [3.63, 3.8) is 0 Å². The molecule has 3 rings (SSSR count). The molecule has 22 heavy (non-hydrogen) atoms. The number of rotatable bonds is 2. The van der Waals surface area contributed by atoms with Crippen LogP contribution in [0.25, 0.3) is 0 Å². The van der Waals surface area contributed by atoms with Crippen molar-refractivity contribution >= 4 is 5.95 Å². The minimum atomic E-state index is -4.46. The average molecular weight is 311 g/mol. The molecule has 8 heteroatoms. The van der Waals surface area contributed by atoms with E-state index in [0.717, 1.165) is 30.9 Å². The summed E-state index contributed by atoms with van der Waals surface area (Å²) in [5.74, 6) is 0.128. The Morgan fingerprint density at radius 2 is 2.09 bits per heavy atom. The standard InChI is InChI=1S/C14H16F3N5/c1-21-9-10(8-19-21)11-4-2-3-7-22(11)13-18-6-5-12(20-13)14(15,16)17/h5-6,8-9,11H,2-4,7H2,1H3. The van der Waals surface area contributed by atoms with Crippen LogP contribution in [0.4, 0.5) is 19.1 Å². The molecular formula is C14H16F3N5. The minimum absolute atomic E-state index is 0.0362. The van der Waals surface area contributed by atoms with Crippen molar-refractivity contribution in [1.82, 2.24) is 19.7 Å². The van der Waals surface area contributed by atoms with Crippen molar-refractivity contribution in [2.45, 2.75) is 31.5 Å². The number of hydrogen-bond acceptors (Lipinski definition) is 4. The molecule has 5 nitrogen and oxygen atoms in total. The maximum Gasteiger partial charge on any atom is 0.433 e. The fourth-order valence-electron chi connectivity index (χ4n) is 2.77. The Hall–Kier alpha value is -2.12. The summed E-state index contributed by atoms with van der Waals surface area (Å²) in [7, 11) is 1.82. The highest BCUT2D eigenvalue weighted by molar-refractivity contribution is 5.37. The average Bonchev–Trinajstić information content (AvgIpc) is 2.93. The van der Waals surface area contributed by atoms with Crippen LogP contribution in [0.3, 0.4) is 0 Å². The molecule has 0 aromatic carbocycles. The fraction of sp³-hybridized carbons (Fsp3) is 0.500. The number of piperidine rings is 1. The van der Waals surface area contributed by atoms with Crippen LogP contribution in [0.15, 0.2) is 24.7 Å². The summed E-state index contributed by atoms with van der Waals surface area (Å²) in [6, 6.07) is 0.859. The van der Waals surface area contributed by atoms with Gasteiger partial charge in [-0.15, -0.1) is 0 Å². The van der Waals surface area contributed by atoms with E-state index in [0.29, 0.717) is 6.54 Å². The lowest BCUT2D eigenvalue weighted by atomic mass is 9.98. The normalized spacial score (nSPS) is 19.5. The summed E-state index contributed by atoms with van der Waals surface area (Å²) in [5.41, 5.74) is 0.0659. The minimum Gasteiger partial charge on any atom is -0.334 e. The summed E-state index contributed by atoms with van der Waals surface area (Å²) < 4.78 is 40.2. The van der Waals surface area contributed by atoms with Crippen molar-refractivity contribution < 1.29 is 13.2 Å². The topological polar surface area (TPSA) is 46.8 Å². The van der Waals surface area contributed by atoms with Gasteiger partial charge in [-0.1, -0.05) is 0 Å². The molecule has 1 aliphatic rings. The summed E-state index contributed by atoms with van der Waals surface area (Å²) in [6.07, 6.45) is 3.13. The molecule has 0 saturated carbocycles. The van der Waals surface area contributed by atoms with E-state index in [1.807, 2.05) is 18.1 Å². The van der Waals surface area contributed by atoms with Crippen LogP contribution in [0, 0.1) is 0 Å². The van der Waals surface area contributed by atoms with Crippen LogP contribution in [0.2, 0.25) is 0 Å². The Labute approximate surface area is 125 Å². The van der Waals surface area contributed by atoms with Gasteiger partial charge in [-0.2, -0.15) is 18.3 Å². The van der Waals surface area contributed by atoms with Gasteiger partial charge in [0.2, 0.25) is 5.95 Å². The maximum absolute atomic E-state index is 12.8. The molecule has 1 unspecified atom stereocenters. The summed E-state index contributed by atoms with van der Waals surface area (Å²) in [6.45, 7) is 0.640. The molecule has 0 N–H and O–H groups in total. The Kier molecular flexibility index (Phi) is 3.76. The van der Waals surface area contributed by atoms with Crippen LogP contribution < -0.4 is 4.90 Å². The Balaban J connectivity index is 1.94. The largest absolute Gasteiger partial charge is 0.433 e. The molecule has 1 aliphatic heterocycles. The van der Waals surface area contributed by atoms with Crippen LogP contribution in [-0.4, -0.2) is 26.3 Å². The molecule has 2 aromatic heterocycles. The van der Waals surface area contributed by atoms with Crippen molar-refractivity contribution in [3.8, 4) is 0 Å². The molecular weight excluding hydrogens is 295 g/mol.